The topological polar surface area (TPSA) is 65.2 Å². The Morgan fingerprint density at radius 2 is 1.96 bits per heavy atom. The molecule has 1 saturated heterocycles. The molecular formula is C23H25N3O2. The van der Waals surface area contributed by atoms with Gasteiger partial charge in [0, 0.05) is 18.3 Å². The first-order valence-electron chi connectivity index (χ1n) is 9.90. The highest BCUT2D eigenvalue weighted by Crippen LogP contribution is 2.22. The van der Waals surface area contributed by atoms with Gasteiger partial charge in [0.15, 0.2) is 0 Å². The zero-order valence-electron chi connectivity index (χ0n) is 16.1. The predicted octanol–water partition coefficient (Wildman–Crippen LogP) is 3.41. The van der Waals surface area contributed by atoms with Crippen molar-refractivity contribution in [1.82, 2.24) is 15.2 Å². The Balaban J connectivity index is 1.50. The molecule has 1 amide bonds. The molecule has 1 unspecified atom stereocenters. The molecule has 1 atom stereocenters. The van der Waals surface area contributed by atoms with Crippen LogP contribution < -0.4 is 10.9 Å². The van der Waals surface area contributed by atoms with Gasteiger partial charge in [0.25, 0.3) is 11.5 Å². The fourth-order valence-electron chi connectivity index (χ4n) is 4.03. The number of nitrogens with one attached hydrogen (secondary N) is 2. The lowest BCUT2D eigenvalue weighted by Gasteiger charge is -2.22. The Hall–Kier alpha value is -2.92. The Morgan fingerprint density at radius 3 is 2.75 bits per heavy atom. The number of fused-ring (bicyclic) bond motifs is 1. The minimum absolute atomic E-state index is 0.158. The van der Waals surface area contributed by atoms with Gasteiger partial charge in [-0.05, 0) is 60.5 Å². The van der Waals surface area contributed by atoms with Crippen LogP contribution in [0.15, 0.2) is 59.4 Å². The van der Waals surface area contributed by atoms with Gasteiger partial charge in [0.1, 0.15) is 5.56 Å². The van der Waals surface area contributed by atoms with Crippen LogP contribution in [-0.2, 0) is 0 Å². The number of carbonyl (C=O) groups is 1. The van der Waals surface area contributed by atoms with E-state index in [1.165, 1.54) is 0 Å². The lowest BCUT2D eigenvalue weighted by Crippen LogP contribution is -2.41. The van der Waals surface area contributed by atoms with Crippen molar-refractivity contribution in [2.24, 2.45) is 0 Å². The molecule has 144 valence electrons. The van der Waals surface area contributed by atoms with E-state index in [-0.39, 0.29) is 17.0 Å². The summed E-state index contributed by atoms with van der Waals surface area (Å²) >= 11 is 0. The molecule has 0 bridgehead atoms. The molecular weight excluding hydrogens is 350 g/mol. The Morgan fingerprint density at radius 1 is 1.14 bits per heavy atom. The molecule has 3 aromatic rings. The zero-order valence-corrected chi connectivity index (χ0v) is 16.1. The van der Waals surface area contributed by atoms with Crippen LogP contribution in [0.4, 0.5) is 0 Å². The number of aromatic amines is 1. The van der Waals surface area contributed by atoms with Crippen LogP contribution in [0.25, 0.3) is 22.0 Å². The molecule has 2 heterocycles. The van der Waals surface area contributed by atoms with Crippen molar-refractivity contribution >= 4 is 16.7 Å². The average Bonchev–Trinajstić information content (AvgIpc) is 3.19. The quantitative estimate of drug-likeness (QED) is 0.718. The lowest BCUT2D eigenvalue weighted by atomic mass is 10.0. The molecule has 0 radical (unpaired) electrons. The fourth-order valence-corrected chi connectivity index (χ4v) is 4.03. The number of rotatable bonds is 5. The molecule has 4 rings (SSSR count). The summed E-state index contributed by atoms with van der Waals surface area (Å²) in [5.41, 5.74) is 1.43. The first kappa shape index (κ1) is 18.4. The smallest absolute Gasteiger partial charge is 0.261 e. The number of hydrogen-bond acceptors (Lipinski definition) is 3. The van der Waals surface area contributed by atoms with E-state index in [1.54, 1.807) is 12.1 Å². The van der Waals surface area contributed by atoms with Crippen LogP contribution in [0.2, 0.25) is 0 Å². The van der Waals surface area contributed by atoms with E-state index in [0.29, 0.717) is 18.3 Å². The third-order valence-electron chi connectivity index (χ3n) is 5.62. The van der Waals surface area contributed by atoms with Crippen molar-refractivity contribution in [1.29, 1.82) is 0 Å². The molecule has 0 spiro atoms. The summed E-state index contributed by atoms with van der Waals surface area (Å²) in [7, 11) is 0. The summed E-state index contributed by atoms with van der Waals surface area (Å²) < 4.78 is 0. The van der Waals surface area contributed by atoms with Crippen LogP contribution in [0.5, 0.6) is 0 Å². The van der Waals surface area contributed by atoms with E-state index in [4.69, 9.17) is 0 Å². The normalized spacial score (nSPS) is 17.1. The second-order valence-electron chi connectivity index (χ2n) is 7.31. The van der Waals surface area contributed by atoms with Gasteiger partial charge in [-0.25, -0.2) is 0 Å². The Labute approximate surface area is 164 Å². The Bertz CT molecular complexity index is 1060. The van der Waals surface area contributed by atoms with Gasteiger partial charge in [-0.1, -0.05) is 43.3 Å². The maximum atomic E-state index is 12.5. The van der Waals surface area contributed by atoms with Crippen LogP contribution in [0, 0.1) is 0 Å². The summed E-state index contributed by atoms with van der Waals surface area (Å²) in [4.78, 5) is 30.2. The van der Waals surface area contributed by atoms with E-state index in [9.17, 15) is 9.59 Å². The van der Waals surface area contributed by atoms with E-state index in [1.807, 2.05) is 36.4 Å². The van der Waals surface area contributed by atoms with Gasteiger partial charge < -0.3 is 10.3 Å². The fraction of sp³-hybridized carbons (Fsp3) is 0.304. The lowest BCUT2D eigenvalue weighted by molar-refractivity contribution is 0.0940. The molecule has 5 nitrogen and oxygen atoms in total. The third kappa shape index (κ3) is 3.71. The zero-order chi connectivity index (χ0) is 19.5. The summed E-state index contributed by atoms with van der Waals surface area (Å²) in [6, 6.07) is 17.9. The summed E-state index contributed by atoms with van der Waals surface area (Å²) in [5.74, 6) is -0.311. The van der Waals surface area contributed by atoms with Gasteiger partial charge in [0.05, 0.1) is 0 Å². The van der Waals surface area contributed by atoms with Crippen molar-refractivity contribution in [3.05, 3.63) is 70.5 Å². The number of amides is 1. The third-order valence-corrected chi connectivity index (χ3v) is 5.62. The minimum atomic E-state index is -0.359. The van der Waals surface area contributed by atoms with Gasteiger partial charge in [-0.2, -0.15) is 0 Å². The van der Waals surface area contributed by atoms with Gasteiger partial charge in [-0.3, -0.25) is 14.5 Å². The van der Waals surface area contributed by atoms with Crippen LogP contribution in [0.1, 0.15) is 30.1 Å². The molecule has 1 aromatic heterocycles. The second kappa shape index (κ2) is 7.98. The van der Waals surface area contributed by atoms with Crippen molar-refractivity contribution in [3.8, 4) is 11.3 Å². The van der Waals surface area contributed by atoms with Crippen LogP contribution in [-0.4, -0.2) is 41.5 Å². The molecule has 28 heavy (non-hydrogen) atoms. The van der Waals surface area contributed by atoms with Crippen LogP contribution in [0.3, 0.4) is 0 Å². The van der Waals surface area contributed by atoms with Crippen molar-refractivity contribution in [3.63, 3.8) is 0 Å². The van der Waals surface area contributed by atoms with Crippen molar-refractivity contribution in [2.75, 3.05) is 19.6 Å². The standard InChI is InChI=1S/C23H25N3O2/c1-2-26-13-5-8-19(26)15-24-22(27)20-11-12-21(25-23(20)28)18-10-9-16-6-3-4-7-17(16)14-18/h3-4,6-7,9-12,14,19H,2,5,8,13,15H2,1H3,(H,24,27)(H,25,28). The largest absolute Gasteiger partial charge is 0.350 e. The number of aromatic nitrogens is 1. The van der Waals surface area contributed by atoms with Gasteiger partial charge in [0.2, 0.25) is 0 Å². The molecule has 2 N–H and O–H groups in total. The highest BCUT2D eigenvalue weighted by molar-refractivity contribution is 5.94. The van der Waals surface area contributed by atoms with Crippen LogP contribution >= 0.6 is 0 Å². The maximum Gasteiger partial charge on any atom is 0.261 e. The molecule has 2 aromatic carbocycles. The molecule has 0 aliphatic carbocycles. The van der Waals surface area contributed by atoms with E-state index < -0.39 is 0 Å². The second-order valence-corrected chi connectivity index (χ2v) is 7.31. The maximum absolute atomic E-state index is 12.5. The van der Waals surface area contributed by atoms with E-state index in [0.717, 1.165) is 42.3 Å². The Kier molecular flexibility index (Phi) is 5.26. The highest BCUT2D eigenvalue weighted by Gasteiger charge is 2.23. The number of benzene rings is 2. The highest BCUT2D eigenvalue weighted by atomic mass is 16.2. The number of H-pyrrole nitrogens is 1. The summed E-state index contributed by atoms with van der Waals surface area (Å²) in [6.45, 7) is 4.79. The molecule has 1 aliphatic heterocycles. The number of carbonyl (C=O) groups excluding carboxylic acids is 1. The van der Waals surface area contributed by atoms with Crippen molar-refractivity contribution in [2.45, 2.75) is 25.8 Å². The SMILES string of the molecule is CCN1CCCC1CNC(=O)c1ccc(-c2ccc3ccccc3c2)[nH]c1=O. The number of likely N-dealkylation sites (N-methyl/N-ethyl adjacent to an activating group) is 1. The molecule has 5 heteroatoms. The van der Waals surface area contributed by atoms with Crippen molar-refractivity contribution < 1.29 is 4.79 Å². The average molecular weight is 375 g/mol. The molecule has 0 saturated carbocycles. The number of hydrogen-bond donors (Lipinski definition) is 2. The number of pyridine rings is 1. The molecule has 1 fully saturated rings. The number of nitrogens with zero attached hydrogens (tertiary/aromatic N) is 1. The summed E-state index contributed by atoms with van der Waals surface area (Å²) in [5, 5.41) is 5.19. The predicted molar refractivity (Wildman–Crippen MR) is 113 cm³/mol. The summed E-state index contributed by atoms with van der Waals surface area (Å²) in [6.07, 6.45) is 2.25. The van der Waals surface area contributed by atoms with Gasteiger partial charge in [-0.15, -0.1) is 0 Å². The monoisotopic (exact) mass is 375 g/mol. The first-order valence-corrected chi connectivity index (χ1v) is 9.90. The minimum Gasteiger partial charge on any atom is -0.350 e. The van der Waals surface area contributed by atoms with E-state index in [2.05, 4.69) is 28.2 Å². The molecule has 1 aliphatic rings. The van der Waals surface area contributed by atoms with Gasteiger partial charge >= 0.3 is 0 Å². The number of likely N-dealkylation sites (tertiary alicyclic amines) is 1. The van der Waals surface area contributed by atoms with E-state index >= 15 is 0 Å². The first-order chi connectivity index (χ1) is 13.7.